The SMILES string of the molecule is c1ccc(N(c2ccc3c(c2)c2ccccc2n3-c2ccccc2)c2ccc3c4c5cccnc5c5ncccc5c4n(-c4ccccc4)c3c2)cc1. The molecule has 0 fully saturated rings. The summed E-state index contributed by atoms with van der Waals surface area (Å²) in [7, 11) is 0. The van der Waals surface area contributed by atoms with Crippen LogP contribution in [-0.4, -0.2) is 19.1 Å². The molecule has 0 aliphatic rings. The highest BCUT2D eigenvalue weighted by molar-refractivity contribution is 6.30. The zero-order valence-corrected chi connectivity index (χ0v) is 28.6. The van der Waals surface area contributed by atoms with Crippen molar-refractivity contribution in [2.24, 2.45) is 0 Å². The third kappa shape index (κ3) is 4.44. The molecule has 0 atom stereocenters. The zero-order valence-electron chi connectivity index (χ0n) is 28.6. The van der Waals surface area contributed by atoms with Crippen molar-refractivity contribution in [3.8, 4) is 11.4 Å². The van der Waals surface area contributed by atoms with Gasteiger partial charge in [-0.25, -0.2) is 0 Å². The summed E-state index contributed by atoms with van der Waals surface area (Å²) in [6.07, 6.45) is 3.73. The minimum absolute atomic E-state index is 0.907. The molecule has 248 valence electrons. The van der Waals surface area contributed by atoms with Crippen LogP contribution in [0.2, 0.25) is 0 Å². The molecule has 0 amide bonds. The summed E-state index contributed by atoms with van der Waals surface area (Å²) >= 11 is 0. The van der Waals surface area contributed by atoms with Crippen LogP contribution in [-0.2, 0) is 0 Å². The van der Waals surface area contributed by atoms with E-state index in [-0.39, 0.29) is 0 Å². The first-order valence-electron chi connectivity index (χ1n) is 17.9. The topological polar surface area (TPSA) is 38.9 Å². The van der Waals surface area contributed by atoms with Gasteiger partial charge in [0.15, 0.2) is 0 Å². The van der Waals surface area contributed by atoms with Crippen molar-refractivity contribution in [3.63, 3.8) is 0 Å². The quantitative estimate of drug-likeness (QED) is 0.170. The van der Waals surface area contributed by atoms with Crippen LogP contribution >= 0.6 is 0 Å². The van der Waals surface area contributed by atoms with Gasteiger partial charge in [-0.05, 0) is 91.0 Å². The van der Waals surface area contributed by atoms with E-state index in [9.17, 15) is 0 Å². The van der Waals surface area contributed by atoms with E-state index in [1.54, 1.807) is 0 Å². The normalized spacial score (nSPS) is 11.8. The Balaban J connectivity index is 1.22. The molecule has 0 spiro atoms. The van der Waals surface area contributed by atoms with E-state index < -0.39 is 0 Å². The van der Waals surface area contributed by atoms with Crippen LogP contribution in [0.5, 0.6) is 0 Å². The van der Waals surface area contributed by atoms with E-state index in [0.717, 1.165) is 61.3 Å². The number of hydrogen-bond acceptors (Lipinski definition) is 3. The maximum Gasteiger partial charge on any atom is 0.0986 e. The summed E-state index contributed by atoms with van der Waals surface area (Å²) in [6, 6.07) is 62.8. The molecule has 53 heavy (non-hydrogen) atoms. The van der Waals surface area contributed by atoms with Gasteiger partial charge in [-0.1, -0.05) is 84.9 Å². The predicted molar refractivity (Wildman–Crippen MR) is 220 cm³/mol. The van der Waals surface area contributed by atoms with Crippen LogP contribution in [0.4, 0.5) is 17.1 Å². The fourth-order valence-corrected chi connectivity index (χ4v) is 8.35. The molecule has 0 radical (unpaired) electrons. The van der Waals surface area contributed by atoms with E-state index in [2.05, 4.69) is 178 Å². The van der Waals surface area contributed by atoms with E-state index in [1.165, 1.54) is 32.6 Å². The summed E-state index contributed by atoms with van der Waals surface area (Å²) in [4.78, 5) is 12.1. The van der Waals surface area contributed by atoms with Crippen molar-refractivity contribution in [1.82, 2.24) is 19.1 Å². The Morgan fingerprint density at radius 1 is 0.358 bits per heavy atom. The predicted octanol–water partition coefficient (Wildman–Crippen LogP) is 12.4. The second kappa shape index (κ2) is 11.7. The standard InChI is InChI=1S/C48H31N5/c1-4-14-32(15-5-1)51(35-25-27-43-41(30-35)37-20-10-11-23-42(37)52(43)33-16-6-2-7-17-33)36-24-26-38-44(31-36)53(34-18-8-3-9-19-34)48-40-22-13-29-50-47(40)46-39(45(38)48)21-12-28-49-46/h1-31H. The van der Waals surface area contributed by atoms with Crippen molar-refractivity contribution < 1.29 is 0 Å². The minimum atomic E-state index is 0.907. The zero-order chi connectivity index (χ0) is 34.9. The van der Waals surface area contributed by atoms with Gasteiger partial charge in [0.05, 0.1) is 33.1 Å². The maximum atomic E-state index is 4.87. The molecular formula is C48H31N5. The highest BCUT2D eigenvalue weighted by Gasteiger charge is 2.23. The molecule has 0 N–H and O–H groups in total. The Morgan fingerprint density at radius 3 is 1.68 bits per heavy atom. The van der Waals surface area contributed by atoms with E-state index >= 15 is 0 Å². The molecule has 0 aliphatic carbocycles. The lowest BCUT2D eigenvalue weighted by Crippen LogP contribution is -2.10. The molecule has 7 aromatic carbocycles. The summed E-state index contributed by atoms with van der Waals surface area (Å²) < 4.78 is 4.77. The van der Waals surface area contributed by atoms with Crippen LogP contribution < -0.4 is 4.90 Å². The Hall–Kier alpha value is -7.24. The molecule has 4 heterocycles. The average molecular weight is 678 g/mol. The third-order valence-electron chi connectivity index (χ3n) is 10.5. The largest absolute Gasteiger partial charge is 0.310 e. The Kier molecular flexibility index (Phi) is 6.48. The summed E-state index contributed by atoms with van der Waals surface area (Å²) in [5.74, 6) is 0. The van der Waals surface area contributed by atoms with Gasteiger partial charge in [0.1, 0.15) is 0 Å². The number of fused-ring (bicyclic) bond motifs is 11. The van der Waals surface area contributed by atoms with Gasteiger partial charge in [-0.15, -0.1) is 0 Å². The molecule has 4 aromatic heterocycles. The number of hydrogen-bond donors (Lipinski definition) is 0. The van der Waals surface area contributed by atoms with Gasteiger partial charge in [-0.3, -0.25) is 9.97 Å². The number of anilines is 3. The van der Waals surface area contributed by atoms with Crippen LogP contribution in [0.25, 0.3) is 76.8 Å². The van der Waals surface area contributed by atoms with Crippen LogP contribution in [0.15, 0.2) is 188 Å². The number of pyridine rings is 2. The number of para-hydroxylation sites is 4. The van der Waals surface area contributed by atoms with Crippen LogP contribution in [0, 0.1) is 0 Å². The van der Waals surface area contributed by atoms with E-state index in [0.29, 0.717) is 0 Å². The third-order valence-corrected chi connectivity index (χ3v) is 10.5. The molecule has 5 heteroatoms. The maximum absolute atomic E-state index is 4.87. The smallest absolute Gasteiger partial charge is 0.0986 e. The highest BCUT2D eigenvalue weighted by Crippen LogP contribution is 2.45. The Labute approximate surface area is 305 Å². The lowest BCUT2D eigenvalue weighted by atomic mass is 10.0. The van der Waals surface area contributed by atoms with Crippen LogP contribution in [0.1, 0.15) is 0 Å². The van der Waals surface area contributed by atoms with Crippen molar-refractivity contribution in [3.05, 3.63) is 188 Å². The minimum Gasteiger partial charge on any atom is -0.310 e. The molecule has 0 bridgehead atoms. The Morgan fingerprint density at radius 2 is 0.925 bits per heavy atom. The fraction of sp³-hybridized carbons (Fsp3) is 0. The van der Waals surface area contributed by atoms with Gasteiger partial charge in [0, 0.05) is 73.1 Å². The molecule has 11 rings (SSSR count). The number of rotatable bonds is 5. The molecule has 0 unspecified atom stereocenters. The van der Waals surface area contributed by atoms with Crippen molar-refractivity contribution >= 4 is 82.5 Å². The molecule has 0 saturated heterocycles. The van der Waals surface area contributed by atoms with Gasteiger partial charge in [-0.2, -0.15) is 0 Å². The lowest BCUT2D eigenvalue weighted by Gasteiger charge is -2.26. The second-order valence-corrected chi connectivity index (χ2v) is 13.5. The summed E-state index contributed by atoms with van der Waals surface area (Å²) in [5.41, 5.74) is 11.9. The molecule has 5 nitrogen and oxygen atoms in total. The second-order valence-electron chi connectivity index (χ2n) is 13.5. The van der Waals surface area contributed by atoms with Gasteiger partial charge < -0.3 is 14.0 Å². The van der Waals surface area contributed by atoms with E-state index in [1.807, 2.05) is 24.5 Å². The monoisotopic (exact) mass is 677 g/mol. The first-order chi connectivity index (χ1) is 26.3. The summed E-state index contributed by atoms with van der Waals surface area (Å²) in [6.45, 7) is 0. The number of nitrogens with zero attached hydrogens (tertiary/aromatic N) is 5. The highest BCUT2D eigenvalue weighted by atomic mass is 15.1. The lowest BCUT2D eigenvalue weighted by molar-refractivity contribution is 1.18. The first-order valence-corrected chi connectivity index (χ1v) is 17.9. The first kappa shape index (κ1) is 29.5. The Bertz CT molecular complexity index is 3160. The van der Waals surface area contributed by atoms with E-state index in [4.69, 9.17) is 9.97 Å². The molecule has 11 aromatic rings. The van der Waals surface area contributed by atoms with Crippen LogP contribution in [0.3, 0.4) is 0 Å². The number of aromatic nitrogens is 4. The molecule has 0 saturated carbocycles. The summed E-state index contributed by atoms with van der Waals surface area (Å²) in [5, 5.41) is 6.96. The average Bonchev–Trinajstić information content (AvgIpc) is 3.75. The molecule has 0 aliphatic heterocycles. The van der Waals surface area contributed by atoms with Gasteiger partial charge in [0.25, 0.3) is 0 Å². The van der Waals surface area contributed by atoms with Crippen molar-refractivity contribution in [2.45, 2.75) is 0 Å². The fourth-order valence-electron chi connectivity index (χ4n) is 8.35. The van der Waals surface area contributed by atoms with Gasteiger partial charge >= 0.3 is 0 Å². The van der Waals surface area contributed by atoms with Gasteiger partial charge in [0.2, 0.25) is 0 Å². The number of benzene rings is 7. The van der Waals surface area contributed by atoms with Crippen molar-refractivity contribution in [2.75, 3.05) is 4.90 Å². The van der Waals surface area contributed by atoms with Crippen molar-refractivity contribution in [1.29, 1.82) is 0 Å². The molecular weight excluding hydrogens is 647 g/mol.